The zero-order chi connectivity index (χ0) is 17.7. The van der Waals surface area contributed by atoms with Crippen LogP contribution in [0.1, 0.15) is 25.5 Å². The summed E-state index contributed by atoms with van der Waals surface area (Å²) in [4.78, 5) is 43.0. The van der Waals surface area contributed by atoms with E-state index in [0.29, 0.717) is 6.61 Å². The van der Waals surface area contributed by atoms with E-state index in [0.717, 1.165) is 14.6 Å². The first kappa shape index (κ1) is 18.2. The van der Waals surface area contributed by atoms with Crippen molar-refractivity contribution < 1.29 is 9.63 Å². The van der Waals surface area contributed by atoms with Crippen LogP contribution in [0.15, 0.2) is 50.6 Å². The van der Waals surface area contributed by atoms with Crippen LogP contribution in [0.25, 0.3) is 0 Å². The molecule has 0 fully saturated rings. The average molecular weight is 396 g/mol. The zero-order valence-corrected chi connectivity index (χ0v) is 14.9. The topological polar surface area (TPSA) is 84.4 Å². The minimum absolute atomic E-state index is 0.228. The first-order valence-electron chi connectivity index (χ1n) is 7.42. The SMILES string of the molecule is CCON(C(=O)Cn1ccc(=O)[nH]c1=O)C(C)c1cccc(Br)c1. The second kappa shape index (κ2) is 8.07. The minimum Gasteiger partial charge on any atom is -0.291 e. The van der Waals surface area contributed by atoms with Gasteiger partial charge in [0.2, 0.25) is 0 Å². The number of amides is 1. The molecular weight excluding hydrogens is 378 g/mol. The minimum atomic E-state index is -0.637. The largest absolute Gasteiger partial charge is 0.328 e. The van der Waals surface area contributed by atoms with Crippen LogP contribution >= 0.6 is 15.9 Å². The molecule has 1 amide bonds. The Hall–Kier alpha value is -2.19. The molecule has 1 aromatic carbocycles. The lowest BCUT2D eigenvalue weighted by atomic mass is 10.1. The Kier molecular flexibility index (Phi) is 6.10. The highest BCUT2D eigenvalue weighted by Crippen LogP contribution is 2.23. The van der Waals surface area contributed by atoms with Crippen LogP contribution in [0.5, 0.6) is 0 Å². The van der Waals surface area contributed by atoms with E-state index in [1.54, 1.807) is 6.92 Å². The Bertz CT molecular complexity index is 830. The van der Waals surface area contributed by atoms with Gasteiger partial charge in [0, 0.05) is 16.7 Å². The van der Waals surface area contributed by atoms with Gasteiger partial charge in [0.15, 0.2) is 0 Å². The van der Waals surface area contributed by atoms with Crippen molar-refractivity contribution in [1.82, 2.24) is 14.6 Å². The van der Waals surface area contributed by atoms with Gasteiger partial charge in [0.1, 0.15) is 6.54 Å². The summed E-state index contributed by atoms with van der Waals surface area (Å²) >= 11 is 3.40. The molecule has 0 aliphatic rings. The Balaban J connectivity index is 2.24. The monoisotopic (exact) mass is 395 g/mol. The molecule has 128 valence electrons. The molecule has 0 saturated heterocycles. The Labute approximate surface area is 147 Å². The van der Waals surface area contributed by atoms with Crippen LogP contribution in [0.4, 0.5) is 0 Å². The number of hydrogen-bond acceptors (Lipinski definition) is 4. The average Bonchev–Trinajstić information content (AvgIpc) is 2.54. The summed E-state index contributed by atoms with van der Waals surface area (Å²) in [5, 5.41) is 1.25. The van der Waals surface area contributed by atoms with Crippen molar-refractivity contribution in [3.8, 4) is 0 Å². The molecule has 0 aliphatic heterocycles. The molecule has 8 heteroatoms. The number of carbonyl (C=O) groups excluding carboxylic acids is 1. The summed E-state index contributed by atoms with van der Waals surface area (Å²) in [6, 6.07) is 8.40. The molecule has 1 heterocycles. The highest BCUT2D eigenvalue weighted by atomic mass is 79.9. The molecule has 1 aromatic heterocycles. The van der Waals surface area contributed by atoms with E-state index in [2.05, 4.69) is 20.9 Å². The fourth-order valence-corrected chi connectivity index (χ4v) is 2.64. The van der Waals surface area contributed by atoms with Crippen molar-refractivity contribution in [2.75, 3.05) is 6.61 Å². The molecule has 0 bridgehead atoms. The van der Waals surface area contributed by atoms with E-state index in [9.17, 15) is 14.4 Å². The molecule has 1 atom stereocenters. The van der Waals surface area contributed by atoms with Crippen molar-refractivity contribution in [2.45, 2.75) is 26.4 Å². The lowest BCUT2D eigenvalue weighted by Crippen LogP contribution is -2.39. The van der Waals surface area contributed by atoms with E-state index in [1.807, 2.05) is 31.2 Å². The molecule has 1 N–H and O–H groups in total. The summed E-state index contributed by atoms with van der Waals surface area (Å²) in [5.41, 5.74) is -0.254. The van der Waals surface area contributed by atoms with E-state index in [4.69, 9.17) is 4.84 Å². The van der Waals surface area contributed by atoms with Gasteiger partial charge in [-0.15, -0.1) is 0 Å². The van der Waals surface area contributed by atoms with Crippen LogP contribution < -0.4 is 11.2 Å². The zero-order valence-electron chi connectivity index (χ0n) is 13.4. The van der Waals surface area contributed by atoms with Gasteiger partial charge in [-0.1, -0.05) is 28.1 Å². The molecule has 24 heavy (non-hydrogen) atoms. The van der Waals surface area contributed by atoms with Crippen molar-refractivity contribution in [3.63, 3.8) is 0 Å². The lowest BCUT2D eigenvalue weighted by Gasteiger charge is -2.28. The maximum atomic E-state index is 12.6. The Morgan fingerprint density at radius 1 is 1.38 bits per heavy atom. The molecule has 1 unspecified atom stereocenters. The predicted octanol–water partition coefficient (Wildman–Crippen LogP) is 1.84. The third-order valence-electron chi connectivity index (χ3n) is 3.40. The molecule has 2 aromatic rings. The van der Waals surface area contributed by atoms with Crippen molar-refractivity contribution in [1.29, 1.82) is 0 Å². The maximum absolute atomic E-state index is 12.6. The molecular formula is C16H18BrN3O4. The van der Waals surface area contributed by atoms with Crippen molar-refractivity contribution >= 4 is 21.8 Å². The number of rotatable bonds is 6. The van der Waals surface area contributed by atoms with Crippen molar-refractivity contribution in [2.24, 2.45) is 0 Å². The second-order valence-electron chi connectivity index (χ2n) is 5.11. The maximum Gasteiger partial charge on any atom is 0.328 e. The summed E-state index contributed by atoms with van der Waals surface area (Å²) in [6.45, 7) is 3.70. The van der Waals surface area contributed by atoms with Crippen LogP contribution in [-0.2, 0) is 16.2 Å². The smallest absolute Gasteiger partial charge is 0.291 e. The van der Waals surface area contributed by atoms with Crippen LogP contribution in [0, 0.1) is 0 Å². The molecule has 7 nitrogen and oxygen atoms in total. The van der Waals surface area contributed by atoms with Gasteiger partial charge in [-0.25, -0.2) is 9.86 Å². The van der Waals surface area contributed by atoms with Crippen molar-refractivity contribution in [3.05, 3.63) is 67.4 Å². The lowest BCUT2D eigenvalue weighted by molar-refractivity contribution is -0.198. The fourth-order valence-electron chi connectivity index (χ4n) is 2.22. The molecule has 0 saturated carbocycles. The number of aromatic amines is 1. The molecule has 0 aliphatic carbocycles. The molecule has 2 rings (SSSR count). The van der Waals surface area contributed by atoms with E-state index in [1.165, 1.54) is 17.3 Å². The first-order valence-corrected chi connectivity index (χ1v) is 8.22. The number of hydrogen-bond donors (Lipinski definition) is 1. The molecule has 0 spiro atoms. The van der Waals surface area contributed by atoms with E-state index >= 15 is 0 Å². The van der Waals surface area contributed by atoms with Gasteiger partial charge in [-0.2, -0.15) is 0 Å². The number of nitrogens with zero attached hydrogens (tertiary/aromatic N) is 2. The number of hydroxylamine groups is 2. The fraction of sp³-hybridized carbons (Fsp3) is 0.312. The number of halogens is 1. The van der Waals surface area contributed by atoms with Gasteiger partial charge in [0.25, 0.3) is 11.5 Å². The van der Waals surface area contributed by atoms with E-state index < -0.39 is 17.2 Å². The Morgan fingerprint density at radius 3 is 2.75 bits per heavy atom. The number of aromatic nitrogens is 2. The highest BCUT2D eigenvalue weighted by Gasteiger charge is 2.23. The highest BCUT2D eigenvalue weighted by molar-refractivity contribution is 9.10. The summed E-state index contributed by atoms with van der Waals surface area (Å²) in [6.07, 6.45) is 1.28. The van der Waals surface area contributed by atoms with Gasteiger partial charge in [-0.05, 0) is 31.5 Å². The standard InChI is InChI=1S/C16H18BrN3O4/c1-3-24-20(11(2)12-5-4-6-13(17)9-12)15(22)10-19-8-7-14(21)18-16(19)23/h4-9,11H,3,10H2,1-2H3,(H,18,21,23). The Morgan fingerprint density at radius 2 is 2.12 bits per heavy atom. The normalized spacial score (nSPS) is 12.0. The van der Waals surface area contributed by atoms with Gasteiger partial charge in [0.05, 0.1) is 12.6 Å². The second-order valence-corrected chi connectivity index (χ2v) is 6.02. The summed E-state index contributed by atoms with van der Waals surface area (Å²) in [5.74, 6) is -0.390. The number of benzene rings is 1. The third kappa shape index (κ3) is 4.42. The van der Waals surface area contributed by atoms with Crippen LogP contribution in [0.2, 0.25) is 0 Å². The van der Waals surface area contributed by atoms with Gasteiger partial charge < -0.3 is 0 Å². The number of carbonyl (C=O) groups is 1. The van der Waals surface area contributed by atoms with Gasteiger partial charge in [-0.3, -0.25) is 24.0 Å². The first-order chi connectivity index (χ1) is 11.4. The molecule has 0 radical (unpaired) electrons. The van der Waals surface area contributed by atoms with E-state index in [-0.39, 0.29) is 12.6 Å². The van der Waals surface area contributed by atoms with Crippen LogP contribution in [-0.4, -0.2) is 27.1 Å². The number of nitrogens with one attached hydrogen (secondary N) is 1. The summed E-state index contributed by atoms with van der Waals surface area (Å²) < 4.78 is 2.02. The summed E-state index contributed by atoms with van der Waals surface area (Å²) in [7, 11) is 0. The predicted molar refractivity (Wildman–Crippen MR) is 92.4 cm³/mol. The van der Waals surface area contributed by atoms with Gasteiger partial charge >= 0.3 is 5.69 Å². The quantitative estimate of drug-likeness (QED) is 0.756. The number of H-pyrrole nitrogens is 1. The third-order valence-corrected chi connectivity index (χ3v) is 3.89. The van der Waals surface area contributed by atoms with Crippen LogP contribution in [0.3, 0.4) is 0 Å².